The Morgan fingerprint density at radius 1 is 0.708 bits per heavy atom. The Kier molecular flexibility index (Phi) is 3.16. The lowest BCUT2D eigenvalue weighted by molar-refractivity contribution is 0.0339. The Morgan fingerprint density at radius 2 is 1.38 bits per heavy atom. The van der Waals surface area contributed by atoms with Gasteiger partial charge in [-0.05, 0) is 24.3 Å². The molecule has 2 aromatic heterocycles. The van der Waals surface area contributed by atoms with Gasteiger partial charge in [0.05, 0.1) is 5.52 Å². The maximum absolute atomic E-state index is 14.9. The van der Waals surface area contributed by atoms with E-state index in [2.05, 4.69) is 9.97 Å². The fourth-order valence-electron chi connectivity index (χ4n) is 2.68. The summed E-state index contributed by atoms with van der Waals surface area (Å²) in [5.74, 6) is -3.49. The molecule has 0 saturated heterocycles. The number of pyridine rings is 2. The summed E-state index contributed by atoms with van der Waals surface area (Å²) in [5.41, 5.74) is -0.170. The average Bonchev–Trinajstić information content (AvgIpc) is 2.61. The highest BCUT2D eigenvalue weighted by atomic mass is 19.3. The number of fused-ring (bicyclic) bond motifs is 2. The molecule has 0 atom stereocenters. The summed E-state index contributed by atoms with van der Waals surface area (Å²) >= 11 is 0. The van der Waals surface area contributed by atoms with Crippen molar-refractivity contribution in [1.82, 2.24) is 9.97 Å². The molecule has 5 heteroatoms. The van der Waals surface area contributed by atoms with Crippen molar-refractivity contribution in [2.45, 2.75) is 5.92 Å². The number of para-hydroxylation sites is 2. The Bertz CT molecular complexity index is 1060. The fourth-order valence-corrected chi connectivity index (χ4v) is 2.68. The van der Waals surface area contributed by atoms with Crippen molar-refractivity contribution in [1.29, 1.82) is 0 Å². The third kappa shape index (κ3) is 2.25. The first kappa shape index (κ1) is 14.5. The zero-order valence-corrected chi connectivity index (χ0v) is 12.4. The van der Waals surface area contributed by atoms with Crippen LogP contribution in [0.15, 0.2) is 66.7 Å². The van der Waals surface area contributed by atoms with Crippen LogP contribution in [-0.4, -0.2) is 15.1 Å². The van der Waals surface area contributed by atoms with E-state index in [4.69, 9.17) is 0 Å². The molecule has 0 fully saturated rings. The molecular weight excluding hydrogens is 310 g/mol. The summed E-state index contributed by atoms with van der Waals surface area (Å²) in [6.45, 7) is 0. The van der Waals surface area contributed by atoms with E-state index in [0.29, 0.717) is 10.9 Å². The van der Waals surface area contributed by atoms with Crippen LogP contribution in [0, 0.1) is 0 Å². The molecule has 0 unspecified atom stereocenters. The largest absolute Gasteiger partial charge is 0.506 e. The van der Waals surface area contributed by atoms with Crippen LogP contribution in [0.1, 0.15) is 11.4 Å². The molecule has 1 N–H and O–H groups in total. The second-order valence-electron chi connectivity index (χ2n) is 5.51. The van der Waals surface area contributed by atoms with Gasteiger partial charge in [0.15, 0.2) is 0 Å². The number of rotatable bonds is 2. The van der Waals surface area contributed by atoms with Crippen LogP contribution in [0.5, 0.6) is 5.75 Å². The Morgan fingerprint density at radius 3 is 2.21 bits per heavy atom. The van der Waals surface area contributed by atoms with Gasteiger partial charge in [-0.2, -0.15) is 8.78 Å². The number of nitrogens with zero attached hydrogens (tertiary/aromatic N) is 2. The van der Waals surface area contributed by atoms with Gasteiger partial charge in [0.25, 0.3) is 0 Å². The first-order valence-corrected chi connectivity index (χ1v) is 7.39. The minimum atomic E-state index is -3.36. The lowest BCUT2D eigenvalue weighted by Gasteiger charge is -2.16. The molecule has 118 valence electrons. The zero-order valence-electron chi connectivity index (χ0n) is 12.4. The van der Waals surface area contributed by atoms with Crippen molar-refractivity contribution in [3.05, 3.63) is 78.1 Å². The number of hydrogen-bond donors (Lipinski definition) is 1. The predicted molar refractivity (Wildman–Crippen MR) is 88.1 cm³/mol. The van der Waals surface area contributed by atoms with Crippen LogP contribution in [0.2, 0.25) is 0 Å². The monoisotopic (exact) mass is 322 g/mol. The van der Waals surface area contributed by atoms with E-state index in [1.54, 1.807) is 30.3 Å². The van der Waals surface area contributed by atoms with Crippen molar-refractivity contribution in [3.8, 4) is 5.75 Å². The van der Waals surface area contributed by atoms with Crippen LogP contribution < -0.4 is 0 Å². The quantitative estimate of drug-likeness (QED) is 0.585. The first-order chi connectivity index (χ1) is 11.6. The summed E-state index contributed by atoms with van der Waals surface area (Å²) in [6, 6.07) is 17.6. The normalized spacial score (nSPS) is 11.9. The second kappa shape index (κ2) is 5.23. The van der Waals surface area contributed by atoms with Crippen molar-refractivity contribution in [3.63, 3.8) is 0 Å². The van der Waals surface area contributed by atoms with E-state index in [1.807, 2.05) is 12.1 Å². The molecule has 4 rings (SSSR count). The molecule has 4 aromatic rings. The number of aromatic hydroxyl groups is 1. The van der Waals surface area contributed by atoms with Gasteiger partial charge in [0.2, 0.25) is 0 Å². The number of phenolic OH excluding ortho intramolecular Hbond substituents is 1. The topological polar surface area (TPSA) is 46.0 Å². The van der Waals surface area contributed by atoms with Gasteiger partial charge in [-0.1, -0.05) is 42.5 Å². The van der Waals surface area contributed by atoms with E-state index in [1.165, 1.54) is 24.3 Å². The van der Waals surface area contributed by atoms with E-state index < -0.39 is 11.6 Å². The molecule has 0 bridgehead atoms. The average molecular weight is 322 g/mol. The summed E-state index contributed by atoms with van der Waals surface area (Å²) < 4.78 is 29.7. The SMILES string of the molecule is Oc1cccc2ccc(C(F)(F)c3ccc4ccccc4n3)nc12. The molecule has 2 heterocycles. The standard InChI is InChI=1S/C19H12F2N2O/c20-19(21,16-10-8-12-4-1-2-6-14(12)22-16)17-11-9-13-5-3-7-15(24)18(13)23-17/h1-11,24H. The predicted octanol–water partition coefficient (Wildman–Crippen LogP) is 4.63. The second-order valence-corrected chi connectivity index (χ2v) is 5.51. The molecule has 0 aliphatic heterocycles. The number of aromatic nitrogens is 2. The van der Waals surface area contributed by atoms with Gasteiger partial charge < -0.3 is 5.11 Å². The first-order valence-electron chi connectivity index (χ1n) is 7.39. The summed E-state index contributed by atoms with van der Waals surface area (Å²) in [5, 5.41) is 11.2. The van der Waals surface area contributed by atoms with Crippen molar-refractivity contribution in [2.24, 2.45) is 0 Å². The highest BCUT2D eigenvalue weighted by Crippen LogP contribution is 2.36. The Hall–Kier alpha value is -3.08. The van der Waals surface area contributed by atoms with Crippen LogP contribution >= 0.6 is 0 Å². The Labute approximate surface area is 136 Å². The van der Waals surface area contributed by atoms with Gasteiger partial charge in [-0.3, -0.25) is 0 Å². The smallest absolute Gasteiger partial charge is 0.331 e. The minimum absolute atomic E-state index is 0.128. The van der Waals surface area contributed by atoms with Crippen molar-refractivity contribution < 1.29 is 13.9 Å². The molecular formula is C19H12F2N2O. The number of hydrogen-bond acceptors (Lipinski definition) is 3. The van der Waals surface area contributed by atoms with Crippen molar-refractivity contribution >= 4 is 21.8 Å². The molecule has 24 heavy (non-hydrogen) atoms. The molecule has 0 amide bonds. The van der Waals surface area contributed by atoms with Crippen LogP contribution in [0.4, 0.5) is 8.78 Å². The third-order valence-corrected chi connectivity index (χ3v) is 3.94. The number of benzene rings is 2. The molecule has 0 aliphatic carbocycles. The zero-order chi connectivity index (χ0) is 16.7. The number of alkyl halides is 2. The van der Waals surface area contributed by atoms with E-state index in [9.17, 15) is 13.9 Å². The maximum atomic E-state index is 14.9. The van der Waals surface area contributed by atoms with Crippen LogP contribution in [0.25, 0.3) is 21.8 Å². The van der Waals surface area contributed by atoms with Gasteiger partial charge in [-0.25, -0.2) is 9.97 Å². The summed E-state index contributed by atoms with van der Waals surface area (Å²) in [4.78, 5) is 8.04. The van der Waals surface area contributed by atoms with Gasteiger partial charge in [0, 0.05) is 10.8 Å². The molecule has 0 aliphatic rings. The fraction of sp³-hybridized carbons (Fsp3) is 0.0526. The van der Waals surface area contributed by atoms with E-state index in [-0.39, 0.29) is 17.0 Å². The molecule has 0 saturated carbocycles. The summed E-state index contributed by atoms with van der Waals surface area (Å²) in [7, 11) is 0. The van der Waals surface area contributed by atoms with Crippen LogP contribution in [-0.2, 0) is 5.92 Å². The lowest BCUT2D eigenvalue weighted by atomic mass is 10.1. The molecule has 0 radical (unpaired) electrons. The molecule has 2 aromatic carbocycles. The highest BCUT2D eigenvalue weighted by molar-refractivity contribution is 5.84. The molecule has 0 spiro atoms. The van der Waals surface area contributed by atoms with Crippen molar-refractivity contribution in [2.75, 3.05) is 0 Å². The van der Waals surface area contributed by atoms with Gasteiger partial charge in [0.1, 0.15) is 22.7 Å². The van der Waals surface area contributed by atoms with Gasteiger partial charge in [-0.15, -0.1) is 0 Å². The number of phenols is 1. The van der Waals surface area contributed by atoms with E-state index in [0.717, 1.165) is 5.39 Å². The summed E-state index contributed by atoms with van der Waals surface area (Å²) in [6.07, 6.45) is 0. The lowest BCUT2D eigenvalue weighted by Crippen LogP contribution is -2.18. The number of halogens is 2. The van der Waals surface area contributed by atoms with Crippen LogP contribution in [0.3, 0.4) is 0 Å². The molecule has 3 nitrogen and oxygen atoms in total. The van der Waals surface area contributed by atoms with Gasteiger partial charge >= 0.3 is 5.92 Å². The minimum Gasteiger partial charge on any atom is -0.506 e. The maximum Gasteiger partial charge on any atom is 0.331 e. The Balaban J connectivity index is 1.87. The highest BCUT2D eigenvalue weighted by Gasteiger charge is 2.37. The van der Waals surface area contributed by atoms with E-state index >= 15 is 0 Å². The third-order valence-electron chi connectivity index (χ3n) is 3.94.